The SMILES string of the molecule is Fc1ccc(-c2nccn2Cc2ncc(Cl)cn2)cc1. The summed E-state index contributed by atoms with van der Waals surface area (Å²) in [5.41, 5.74) is 0.838. The number of rotatable bonds is 3. The first-order valence-electron chi connectivity index (χ1n) is 5.96. The lowest BCUT2D eigenvalue weighted by molar-refractivity contribution is 0.628. The monoisotopic (exact) mass is 288 g/mol. The van der Waals surface area contributed by atoms with Crippen LogP contribution in [0.5, 0.6) is 0 Å². The number of nitrogens with zero attached hydrogens (tertiary/aromatic N) is 4. The molecule has 0 aliphatic rings. The van der Waals surface area contributed by atoms with Gasteiger partial charge in [-0.15, -0.1) is 0 Å². The first-order valence-corrected chi connectivity index (χ1v) is 6.33. The summed E-state index contributed by atoms with van der Waals surface area (Å²) in [6.07, 6.45) is 6.63. The highest BCUT2D eigenvalue weighted by Gasteiger charge is 2.07. The predicted molar refractivity (Wildman–Crippen MR) is 73.8 cm³/mol. The number of halogens is 2. The Bertz CT molecular complexity index is 707. The van der Waals surface area contributed by atoms with Crippen molar-refractivity contribution in [2.75, 3.05) is 0 Å². The number of hydrogen-bond donors (Lipinski definition) is 0. The van der Waals surface area contributed by atoms with Gasteiger partial charge in [0.1, 0.15) is 17.5 Å². The van der Waals surface area contributed by atoms with Gasteiger partial charge in [-0.2, -0.15) is 0 Å². The molecule has 0 bridgehead atoms. The average Bonchev–Trinajstić information content (AvgIpc) is 2.90. The Labute approximate surface area is 119 Å². The summed E-state index contributed by atoms with van der Waals surface area (Å²) in [5.74, 6) is 1.10. The maximum Gasteiger partial charge on any atom is 0.148 e. The van der Waals surface area contributed by atoms with Gasteiger partial charge in [0.25, 0.3) is 0 Å². The summed E-state index contributed by atoms with van der Waals surface area (Å²) < 4.78 is 14.9. The van der Waals surface area contributed by atoms with E-state index in [4.69, 9.17) is 11.6 Å². The smallest absolute Gasteiger partial charge is 0.148 e. The second-order valence-electron chi connectivity index (χ2n) is 4.20. The molecule has 0 aliphatic heterocycles. The van der Waals surface area contributed by atoms with Crippen molar-refractivity contribution in [1.82, 2.24) is 19.5 Å². The Morgan fingerprint density at radius 1 is 1.05 bits per heavy atom. The lowest BCUT2D eigenvalue weighted by Gasteiger charge is -2.07. The highest BCUT2D eigenvalue weighted by atomic mass is 35.5. The lowest BCUT2D eigenvalue weighted by atomic mass is 10.2. The van der Waals surface area contributed by atoms with Gasteiger partial charge in [-0.1, -0.05) is 11.6 Å². The minimum atomic E-state index is -0.270. The molecule has 0 fully saturated rings. The van der Waals surface area contributed by atoms with Crippen molar-refractivity contribution in [3.05, 3.63) is 65.7 Å². The fraction of sp³-hybridized carbons (Fsp3) is 0.0714. The van der Waals surface area contributed by atoms with Crippen molar-refractivity contribution in [2.24, 2.45) is 0 Å². The molecule has 0 unspecified atom stereocenters. The van der Waals surface area contributed by atoms with Crippen LogP contribution in [0.3, 0.4) is 0 Å². The molecule has 0 saturated heterocycles. The van der Waals surface area contributed by atoms with Gasteiger partial charge in [0.05, 0.1) is 11.6 Å². The van der Waals surface area contributed by atoms with E-state index in [2.05, 4.69) is 15.0 Å². The topological polar surface area (TPSA) is 43.6 Å². The van der Waals surface area contributed by atoms with E-state index < -0.39 is 0 Å². The molecule has 4 nitrogen and oxygen atoms in total. The number of hydrogen-bond acceptors (Lipinski definition) is 3. The van der Waals surface area contributed by atoms with Gasteiger partial charge >= 0.3 is 0 Å². The predicted octanol–water partition coefficient (Wildman–Crippen LogP) is 3.18. The van der Waals surface area contributed by atoms with Crippen molar-refractivity contribution in [1.29, 1.82) is 0 Å². The van der Waals surface area contributed by atoms with Gasteiger partial charge in [-0.25, -0.2) is 19.3 Å². The highest BCUT2D eigenvalue weighted by molar-refractivity contribution is 6.30. The normalized spacial score (nSPS) is 10.7. The quantitative estimate of drug-likeness (QED) is 0.743. The van der Waals surface area contributed by atoms with Crippen LogP contribution >= 0.6 is 11.6 Å². The van der Waals surface area contributed by atoms with Gasteiger partial charge in [0, 0.05) is 30.4 Å². The van der Waals surface area contributed by atoms with Crippen LogP contribution in [0.15, 0.2) is 49.1 Å². The van der Waals surface area contributed by atoms with E-state index in [1.54, 1.807) is 30.7 Å². The van der Waals surface area contributed by atoms with Crippen LogP contribution in [-0.2, 0) is 6.54 Å². The minimum Gasteiger partial charge on any atom is -0.323 e. The average molecular weight is 289 g/mol. The Morgan fingerprint density at radius 3 is 2.45 bits per heavy atom. The third-order valence-corrected chi connectivity index (χ3v) is 3.00. The maximum absolute atomic E-state index is 13.0. The zero-order valence-electron chi connectivity index (χ0n) is 10.4. The van der Waals surface area contributed by atoms with E-state index in [0.717, 1.165) is 11.4 Å². The first-order chi connectivity index (χ1) is 9.72. The Morgan fingerprint density at radius 2 is 1.75 bits per heavy atom. The molecule has 20 heavy (non-hydrogen) atoms. The first kappa shape index (κ1) is 12.7. The number of imidazole rings is 1. The van der Waals surface area contributed by atoms with Crippen molar-refractivity contribution in [2.45, 2.75) is 6.54 Å². The molecular formula is C14H10ClFN4. The molecule has 2 aromatic heterocycles. The zero-order chi connectivity index (χ0) is 13.9. The molecule has 0 saturated carbocycles. The largest absolute Gasteiger partial charge is 0.323 e. The fourth-order valence-electron chi connectivity index (χ4n) is 1.87. The number of benzene rings is 1. The standard InChI is InChI=1S/C14H10ClFN4/c15-11-7-18-13(19-8-11)9-20-6-5-17-14(20)10-1-3-12(16)4-2-10/h1-8H,9H2. The van der Waals surface area contributed by atoms with Crippen LogP contribution in [-0.4, -0.2) is 19.5 Å². The van der Waals surface area contributed by atoms with E-state index in [1.165, 1.54) is 12.1 Å². The summed E-state index contributed by atoms with van der Waals surface area (Å²) in [6.45, 7) is 0.476. The van der Waals surface area contributed by atoms with Crippen LogP contribution in [0.4, 0.5) is 4.39 Å². The zero-order valence-corrected chi connectivity index (χ0v) is 11.1. The molecule has 6 heteroatoms. The molecule has 3 rings (SSSR count). The molecule has 0 spiro atoms. The molecule has 2 heterocycles. The van der Waals surface area contributed by atoms with Gasteiger partial charge in [-0.3, -0.25) is 0 Å². The molecule has 0 atom stereocenters. The van der Waals surface area contributed by atoms with Crippen LogP contribution in [0.25, 0.3) is 11.4 Å². The summed E-state index contributed by atoms with van der Waals surface area (Å²) in [6, 6.07) is 6.20. The van der Waals surface area contributed by atoms with E-state index in [0.29, 0.717) is 17.4 Å². The molecule has 3 aromatic rings. The molecular weight excluding hydrogens is 279 g/mol. The maximum atomic E-state index is 13.0. The van der Waals surface area contributed by atoms with Gasteiger partial charge in [0.15, 0.2) is 0 Å². The lowest BCUT2D eigenvalue weighted by Crippen LogP contribution is -2.04. The van der Waals surface area contributed by atoms with Crippen LogP contribution in [0, 0.1) is 5.82 Å². The van der Waals surface area contributed by atoms with Gasteiger partial charge < -0.3 is 4.57 Å². The summed E-state index contributed by atoms with van der Waals surface area (Å²) in [4.78, 5) is 12.6. The highest BCUT2D eigenvalue weighted by Crippen LogP contribution is 2.18. The van der Waals surface area contributed by atoms with Crippen LogP contribution in [0.1, 0.15) is 5.82 Å². The Balaban J connectivity index is 1.90. The second-order valence-corrected chi connectivity index (χ2v) is 4.64. The number of aromatic nitrogens is 4. The molecule has 0 N–H and O–H groups in total. The van der Waals surface area contributed by atoms with Crippen LogP contribution in [0.2, 0.25) is 5.02 Å². The summed E-state index contributed by atoms with van der Waals surface area (Å²) in [7, 11) is 0. The van der Waals surface area contributed by atoms with Crippen molar-refractivity contribution >= 4 is 11.6 Å². The van der Waals surface area contributed by atoms with E-state index in [-0.39, 0.29) is 5.82 Å². The van der Waals surface area contributed by atoms with Gasteiger partial charge in [0.2, 0.25) is 0 Å². The van der Waals surface area contributed by atoms with Crippen molar-refractivity contribution in [3.63, 3.8) is 0 Å². The fourth-order valence-corrected chi connectivity index (χ4v) is 1.97. The molecule has 100 valence electrons. The van der Waals surface area contributed by atoms with E-state index in [9.17, 15) is 4.39 Å². The molecule has 0 radical (unpaired) electrons. The molecule has 1 aromatic carbocycles. The molecule has 0 aliphatic carbocycles. The minimum absolute atomic E-state index is 0.270. The summed E-state index contributed by atoms with van der Waals surface area (Å²) >= 11 is 5.76. The molecule has 0 amide bonds. The van der Waals surface area contributed by atoms with Crippen molar-refractivity contribution in [3.8, 4) is 11.4 Å². The third kappa shape index (κ3) is 2.67. The summed E-state index contributed by atoms with van der Waals surface area (Å²) in [5, 5.41) is 0.498. The van der Waals surface area contributed by atoms with Crippen molar-refractivity contribution < 1.29 is 4.39 Å². The third-order valence-electron chi connectivity index (χ3n) is 2.80. The van der Waals surface area contributed by atoms with Crippen LogP contribution < -0.4 is 0 Å². The second kappa shape index (κ2) is 5.38. The van der Waals surface area contributed by atoms with E-state index >= 15 is 0 Å². The van der Waals surface area contributed by atoms with E-state index in [1.807, 2.05) is 10.8 Å². The Hall–Kier alpha value is -2.27. The Kier molecular flexibility index (Phi) is 3.43. The van der Waals surface area contributed by atoms with Gasteiger partial charge in [-0.05, 0) is 24.3 Å².